The second-order valence-electron chi connectivity index (χ2n) is 9.62. The number of hydrogen-bond donors (Lipinski definition) is 4. The molecule has 0 radical (unpaired) electrons. The maximum absolute atomic E-state index is 14.4. The van der Waals surface area contributed by atoms with E-state index >= 15 is 0 Å². The number of carbonyl (C=O) groups excluding carboxylic acids is 1. The molecule has 246 valence electrons. The lowest BCUT2D eigenvalue weighted by atomic mass is 10.1. The molecule has 43 heavy (non-hydrogen) atoms. The van der Waals surface area contributed by atoms with Crippen molar-refractivity contribution in [1.29, 1.82) is 0 Å². The SMILES string of the molecule is CC.CC.CCO.CN/C(NCCC(C)OC1CCC/C=C(F)\C=C/1F)=C(\N=C1CCCN(C(C)=O)C1)c1cn[nH]c1C. The van der Waals surface area contributed by atoms with Crippen LogP contribution in [0.15, 0.2) is 40.8 Å². The summed E-state index contributed by atoms with van der Waals surface area (Å²) in [5.74, 6) is -0.349. The first kappa shape index (κ1) is 40.0. The molecule has 1 fully saturated rings. The highest BCUT2D eigenvalue weighted by Gasteiger charge is 2.22. The fourth-order valence-electron chi connectivity index (χ4n) is 4.35. The molecule has 0 aromatic carbocycles. The van der Waals surface area contributed by atoms with Crippen LogP contribution in [-0.4, -0.2) is 77.3 Å². The second-order valence-corrected chi connectivity index (χ2v) is 9.62. The lowest BCUT2D eigenvalue weighted by Crippen LogP contribution is -2.39. The zero-order valence-corrected chi connectivity index (χ0v) is 27.8. The van der Waals surface area contributed by atoms with Crippen molar-refractivity contribution in [3.8, 4) is 0 Å². The minimum atomic E-state index is -0.732. The van der Waals surface area contributed by atoms with Crippen molar-refractivity contribution in [3.05, 3.63) is 47.1 Å². The molecule has 2 unspecified atom stereocenters. The lowest BCUT2D eigenvalue weighted by molar-refractivity contribution is -0.128. The molecule has 0 saturated carbocycles. The van der Waals surface area contributed by atoms with Gasteiger partial charge in [-0.25, -0.2) is 8.78 Å². The molecule has 1 amide bonds. The molecule has 2 heterocycles. The van der Waals surface area contributed by atoms with Crippen LogP contribution < -0.4 is 10.6 Å². The van der Waals surface area contributed by atoms with E-state index in [9.17, 15) is 13.6 Å². The van der Waals surface area contributed by atoms with Gasteiger partial charge in [-0.05, 0) is 65.4 Å². The minimum Gasteiger partial charge on any atom is -0.397 e. The van der Waals surface area contributed by atoms with Crippen LogP contribution in [0.25, 0.3) is 5.70 Å². The Labute approximate surface area is 258 Å². The Morgan fingerprint density at radius 3 is 2.53 bits per heavy atom. The van der Waals surface area contributed by atoms with Gasteiger partial charge >= 0.3 is 0 Å². The smallest absolute Gasteiger partial charge is 0.219 e. The van der Waals surface area contributed by atoms with Crippen molar-refractivity contribution in [3.63, 3.8) is 0 Å². The number of piperidine rings is 1. The Hall–Kier alpha value is -3.05. The van der Waals surface area contributed by atoms with Crippen LogP contribution in [-0.2, 0) is 9.53 Å². The quantitative estimate of drug-likeness (QED) is 0.259. The summed E-state index contributed by atoms with van der Waals surface area (Å²) in [5.41, 5.74) is 3.40. The number of nitrogens with one attached hydrogen (secondary N) is 3. The molecule has 1 aliphatic carbocycles. The maximum atomic E-state index is 14.4. The Bertz CT molecular complexity index is 1050. The van der Waals surface area contributed by atoms with Gasteiger partial charge in [0.05, 0.1) is 18.8 Å². The first-order valence-corrected chi connectivity index (χ1v) is 15.7. The third kappa shape index (κ3) is 14.8. The average Bonchev–Trinajstić information content (AvgIpc) is 3.43. The fraction of sp³-hybridized carbons (Fsp3) is 0.656. The van der Waals surface area contributed by atoms with E-state index in [1.165, 1.54) is 6.08 Å². The molecule has 1 saturated heterocycles. The van der Waals surface area contributed by atoms with Gasteiger partial charge in [0.2, 0.25) is 5.91 Å². The van der Waals surface area contributed by atoms with Gasteiger partial charge < -0.3 is 25.4 Å². The molecule has 0 bridgehead atoms. The number of rotatable bonds is 9. The fourth-order valence-corrected chi connectivity index (χ4v) is 4.35. The maximum Gasteiger partial charge on any atom is 0.219 e. The molecule has 2 atom stereocenters. The topological polar surface area (TPSA) is 115 Å². The van der Waals surface area contributed by atoms with Crippen LogP contribution in [0.1, 0.15) is 98.2 Å². The molecular weight excluding hydrogens is 554 g/mol. The van der Waals surface area contributed by atoms with Crippen molar-refractivity contribution in [2.45, 2.75) is 106 Å². The highest BCUT2D eigenvalue weighted by atomic mass is 19.1. The summed E-state index contributed by atoms with van der Waals surface area (Å²) in [4.78, 5) is 18.6. The van der Waals surface area contributed by atoms with Crippen molar-refractivity contribution in [1.82, 2.24) is 25.7 Å². The monoisotopic (exact) mass is 610 g/mol. The number of aromatic nitrogens is 2. The number of amides is 1. The van der Waals surface area contributed by atoms with Crippen molar-refractivity contribution in [2.75, 3.05) is 33.3 Å². The van der Waals surface area contributed by atoms with Crippen LogP contribution in [0, 0.1) is 6.92 Å². The van der Waals surface area contributed by atoms with E-state index in [0.29, 0.717) is 44.5 Å². The normalized spacial score (nSPS) is 21.3. The van der Waals surface area contributed by atoms with Gasteiger partial charge in [0.15, 0.2) is 0 Å². The van der Waals surface area contributed by atoms with E-state index in [2.05, 4.69) is 20.8 Å². The Morgan fingerprint density at radius 2 is 1.95 bits per heavy atom. The van der Waals surface area contributed by atoms with Crippen LogP contribution in [0.5, 0.6) is 0 Å². The van der Waals surface area contributed by atoms with Crippen LogP contribution in [0.2, 0.25) is 0 Å². The number of carbonyl (C=O) groups is 1. The summed E-state index contributed by atoms with van der Waals surface area (Å²) in [5, 5.41) is 21.3. The zero-order valence-electron chi connectivity index (χ0n) is 27.8. The number of allylic oxidation sites excluding steroid dienone is 3. The number of likely N-dealkylation sites (tertiary alicyclic amines) is 1. The number of nitrogens with zero attached hydrogens (tertiary/aromatic N) is 3. The van der Waals surface area contributed by atoms with Gasteiger partial charge in [0.25, 0.3) is 0 Å². The average molecular weight is 611 g/mol. The van der Waals surface area contributed by atoms with Crippen molar-refractivity contribution >= 4 is 17.3 Å². The van der Waals surface area contributed by atoms with E-state index in [0.717, 1.165) is 48.3 Å². The minimum absolute atomic E-state index is 0.0442. The van der Waals surface area contributed by atoms with Crippen LogP contribution in [0.4, 0.5) is 8.78 Å². The van der Waals surface area contributed by atoms with E-state index in [-0.39, 0.29) is 18.6 Å². The van der Waals surface area contributed by atoms with Crippen LogP contribution >= 0.6 is 0 Å². The molecule has 11 heteroatoms. The number of aliphatic hydroxyl groups is 1. The van der Waals surface area contributed by atoms with E-state index < -0.39 is 17.8 Å². The summed E-state index contributed by atoms with van der Waals surface area (Å²) in [7, 11) is 1.82. The molecule has 1 aromatic rings. The van der Waals surface area contributed by atoms with Gasteiger partial charge in [0.1, 0.15) is 29.3 Å². The van der Waals surface area contributed by atoms with Crippen LogP contribution in [0.3, 0.4) is 0 Å². The number of aliphatic hydroxyl groups excluding tert-OH is 1. The van der Waals surface area contributed by atoms with Gasteiger partial charge in [-0.15, -0.1) is 0 Å². The summed E-state index contributed by atoms with van der Waals surface area (Å²) in [6.07, 6.45) is 7.17. The van der Waals surface area contributed by atoms with E-state index in [4.69, 9.17) is 14.8 Å². The van der Waals surface area contributed by atoms with E-state index in [1.54, 1.807) is 24.9 Å². The third-order valence-corrected chi connectivity index (χ3v) is 6.40. The number of hydrogen-bond acceptors (Lipinski definition) is 7. The second kappa shape index (κ2) is 23.4. The molecule has 1 aliphatic heterocycles. The molecule has 4 N–H and O–H groups in total. The summed E-state index contributed by atoms with van der Waals surface area (Å²) in [6.45, 7) is 17.1. The molecule has 1 aromatic heterocycles. The summed E-state index contributed by atoms with van der Waals surface area (Å²) >= 11 is 0. The lowest BCUT2D eigenvalue weighted by Gasteiger charge is -2.27. The Balaban J connectivity index is 0.00000232. The predicted octanol–water partition coefficient (Wildman–Crippen LogP) is 6.34. The first-order chi connectivity index (χ1) is 20.7. The number of aryl methyl sites for hydroxylation is 1. The number of H-pyrrole nitrogens is 1. The third-order valence-electron chi connectivity index (χ3n) is 6.40. The number of aliphatic imine (C=N–C) groups is 1. The highest BCUT2D eigenvalue weighted by molar-refractivity contribution is 5.94. The Morgan fingerprint density at radius 1 is 1.28 bits per heavy atom. The van der Waals surface area contributed by atoms with Gasteiger partial charge in [-0.1, -0.05) is 27.7 Å². The standard InChI is InChI=1S/C26H38F2N6O2.C2H6O.2C2H6/c1-17(36-24-10-6-5-8-20(27)14-23(24)28)11-12-30-26(29-4)25(22-15-31-33-18(22)2)32-21-9-7-13-34(16-21)19(3)35;1-2-3;2*1-2/h8,14-15,17,24,29-30H,5-7,9-13,16H2,1-4H3,(H,31,33);3H,2H2,1H3;2*1-2H3/b20-8+,23-14+,26-25+,32-21?;;;. The van der Waals surface area contributed by atoms with Crippen molar-refractivity contribution < 1.29 is 23.4 Å². The Kier molecular flexibility index (Phi) is 21.8. The first-order valence-electron chi connectivity index (χ1n) is 15.7. The summed E-state index contributed by atoms with van der Waals surface area (Å²) < 4.78 is 33.9. The van der Waals surface area contributed by atoms with Crippen molar-refractivity contribution in [2.24, 2.45) is 4.99 Å². The molecular formula is C32H56F2N6O3. The molecule has 3 rings (SSSR count). The highest BCUT2D eigenvalue weighted by Crippen LogP contribution is 2.25. The van der Waals surface area contributed by atoms with Gasteiger partial charge in [-0.3, -0.25) is 14.9 Å². The van der Waals surface area contributed by atoms with E-state index in [1.807, 2.05) is 48.6 Å². The van der Waals surface area contributed by atoms with Gasteiger partial charge in [0, 0.05) is 56.7 Å². The predicted molar refractivity (Wildman–Crippen MR) is 173 cm³/mol. The summed E-state index contributed by atoms with van der Waals surface area (Å²) in [6, 6.07) is 0. The molecule has 0 spiro atoms. The number of halogens is 2. The van der Waals surface area contributed by atoms with Gasteiger partial charge in [-0.2, -0.15) is 5.10 Å². The number of ether oxygens (including phenoxy) is 1. The number of aromatic amines is 1. The molecule has 9 nitrogen and oxygen atoms in total. The largest absolute Gasteiger partial charge is 0.397 e. The molecule has 2 aliphatic rings. The zero-order chi connectivity index (χ0) is 32.8.